The van der Waals surface area contributed by atoms with Crippen LogP contribution < -0.4 is 5.32 Å². The third kappa shape index (κ3) is 3.15. The van der Waals surface area contributed by atoms with Gasteiger partial charge in [-0.3, -0.25) is 4.68 Å². The number of nitrogens with zero attached hydrogens (tertiary/aromatic N) is 3. The zero-order valence-electron chi connectivity index (χ0n) is 11.8. The van der Waals surface area contributed by atoms with Gasteiger partial charge in [-0.1, -0.05) is 0 Å². The van der Waals surface area contributed by atoms with Gasteiger partial charge in [-0.15, -0.1) is 0 Å². The first-order chi connectivity index (χ1) is 9.40. The Hall–Kier alpha value is -2.35. The molecule has 2 aromatic rings. The molecule has 4 nitrogen and oxygen atoms in total. The summed E-state index contributed by atoms with van der Waals surface area (Å²) < 4.78 is 14.9. The molecule has 0 bridgehead atoms. The van der Waals surface area contributed by atoms with E-state index in [0.29, 0.717) is 17.8 Å². The Balaban J connectivity index is 2.10. The van der Waals surface area contributed by atoms with Crippen LogP contribution in [-0.4, -0.2) is 9.78 Å². The summed E-state index contributed by atoms with van der Waals surface area (Å²) in [4.78, 5) is 0. The Labute approximate surface area is 117 Å². The molecule has 0 fully saturated rings. The maximum absolute atomic E-state index is 13.0. The van der Waals surface area contributed by atoms with E-state index in [1.165, 1.54) is 12.1 Å². The molecule has 5 heteroatoms. The van der Waals surface area contributed by atoms with Gasteiger partial charge < -0.3 is 5.32 Å². The third-order valence-corrected chi connectivity index (χ3v) is 2.91. The molecule has 0 amide bonds. The summed E-state index contributed by atoms with van der Waals surface area (Å²) >= 11 is 0. The van der Waals surface area contributed by atoms with Gasteiger partial charge in [-0.25, -0.2) is 4.39 Å². The molecule has 0 atom stereocenters. The van der Waals surface area contributed by atoms with Crippen LogP contribution in [0.3, 0.4) is 0 Å². The smallest absolute Gasteiger partial charge is 0.124 e. The molecule has 1 N–H and O–H groups in total. The first-order valence-corrected chi connectivity index (χ1v) is 6.38. The molecule has 0 aliphatic carbocycles. The number of hydrogen-bond acceptors (Lipinski definition) is 3. The van der Waals surface area contributed by atoms with Crippen molar-refractivity contribution in [1.82, 2.24) is 9.78 Å². The number of hydrogen-bond donors (Lipinski definition) is 1. The van der Waals surface area contributed by atoms with E-state index in [-0.39, 0.29) is 5.54 Å². The minimum atomic E-state index is -0.410. The van der Waals surface area contributed by atoms with Crippen LogP contribution in [-0.2, 0) is 12.1 Å². The van der Waals surface area contributed by atoms with Gasteiger partial charge in [0.2, 0.25) is 0 Å². The number of anilines is 1. The molecule has 0 aliphatic heterocycles. The minimum Gasteiger partial charge on any atom is -0.380 e. The number of nitrogens with one attached hydrogen (secondary N) is 1. The summed E-state index contributed by atoms with van der Waals surface area (Å²) in [6.45, 7) is 6.76. The zero-order valence-corrected chi connectivity index (χ0v) is 11.8. The third-order valence-electron chi connectivity index (χ3n) is 2.91. The van der Waals surface area contributed by atoms with E-state index >= 15 is 0 Å². The Morgan fingerprint density at radius 3 is 2.75 bits per heavy atom. The lowest BCUT2D eigenvalue weighted by Crippen LogP contribution is -2.21. The van der Waals surface area contributed by atoms with Crippen LogP contribution in [0, 0.1) is 17.1 Å². The second-order valence-electron chi connectivity index (χ2n) is 5.62. The lowest BCUT2D eigenvalue weighted by molar-refractivity contribution is 0.355. The highest BCUT2D eigenvalue weighted by Gasteiger charge is 2.13. The van der Waals surface area contributed by atoms with Crippen molar-refractivity contribution >= 4 is 5.69 Å². The normalized spacial score (nSPS) is 11.2. The first kappa shape index (κ1) is 14.1. The molecule has 1 heterocycles. The van der Waals surface area contributed by atoms with E-state index < -0.39 is 5.82 Å². The van der Waals surface area contributed by atoms with Crippen molar-refractivity contribution in [3.63, 3.8) is 0 Å². The Morgan fingerprint density at radius 1 is 1.40 bits per heavy atom. The van der Waals surface area contributed by atoms with Crippen LogP contribution in [0.2, 0.25) is 0 Å². The summed E-state index contributed by atoms with van der Waals surface area (Å²) in [6.07, 6.45) is 3.75. The summed E-state index contributed by atoms with van der Waals surface area (Å²) in [5, 5.41) is 16.4. The molecule has 0 unspecified atom stereocenters. The quantitative estimate of drug-likeness (QED) is 0.933. The van der Waals surface area contributed by atoms with Gasteiger partial charge in [0.1, 0.15) is 11.9 Å². The number of rotatable bonds is 3. The van der Waals surface area contributed by atoms with E-state index in [1.807, 2.05) is 16.9 Å². The number of aromatic nitrogens is 2. The van der Waals surface area contributed by atoms with Crippen LogP contribution in [0.4, 0.5) is 10.1 Å². The van der Waals surface area contributed by atoms with Gasteiger partial charge in [0.15, 0.2) is 0 Å². The largest absolute Gasteiger partial charge is 0.380 e. The van der Waals surface area contributed by atoms with Gasteiger partial charge in [-0.2, -0.15) is 10.4 Å². The molecule has 20 heavy (non-hydrogen) atoms. The molecule has 2 rings (SSSR count). The minimum absolute atomic E-state index is 0.0636. The molecule has 0 saturated heterocycles. The average molecular weight is 272 g/mol. The monoisotopic (exact) mass is 272 g/mol. The van der Waals surface area contributed by atoms with Crippen molar-refractivity contribution in [3.05, 3.63) is 47.5 Å². The molecule has 0 radical (unpaired) electrons. The molecule has 104 valence electrons. The van der Waals surface area contributed by atoms with E-state index in [9.17, 15) is 4.39 Å². The lowest BCUT2D eigenvalue weighted by Gasteiger charge is -2.18. The fraction of sp³-hybridized carbons (Fsp3) is 0.333. The van der Waals surface area contributed by atoms with E-state index in [4.69, 9.17) is 5.26 Å². The topological polar surface area (TPSA) is 53.6 Å². The van der Waals surface area contributed by atoms with Crippen molar-refractivity contribution < 1.29 is 4.39 Å². The molecule has 1 aromatic heterocycles. The van der Waals surface area contributed by atoms with Gasteiger partial charge in [-0.05, 0) is 39.0 Å². The summed E-state index contributed by atoms with van der Waals surface area (Å²) in [5.74, 6) is -0.410. The maximum Gasteiger partial charge on any atom is 0.124 e. The van der Waals surface area contributed by atoms with Gasteiger partial charge in [0, 0.05) is 18.3 Å². The van der Waals surface area contributed by atoms with E-state index in [2.05, 4.69) is 31.2 Å². The number of nitriles is 1. The molecule has 1 aromatic carbocycles. The number of halogens is 1. The summed E-state index contributed by atoms with van der Waals surface area (Å²) in [5.41, 5.74) is 1.87. The Bertz CT molecular complexity index is 647. The SMILES string of the molecule is CC(C)(C)n1cc(CNc2ccc(F)cc2C#N)cn1. The second-order valence-corrected chi connectivity index (χ2v) is 5.62. The Morgan fingerprint density at radius 2 is 2.15 bits per heavy atom. The highest BCUT2D eigenvalue weighted by Crippen LogP contribution is 2.18. The Kier molecular flexibility index (Phi) is 3.75. The number of benzene rings is 1. The first-order valence-electron chi connectivity index (χ1n) is 6.38. The average Bonchev–Trinajstić information content (AvgIpc) is 2.86. The van der Waals surface area contributed by atoms with Crippen molar-refractivity contribution in [1.29, 1.82) is 5.26 Å². The van der Waals surface area contributed by atoms with Crippen molar-refractivity contribution in [3.8, 4) is 6.07 Å². The second kappa shape index (κ2) is 5.33. The van der Waals surface area contributed by atoms with Crippen molar-refractivity contribution in [2.24, 2.45) is 0 Å². The zero-order chi connectivity index (χ0) is 14.8. The van der Waals surface area contributed by atoms with Crippen molar-refractivity contribution in [2.75, 3.05) is 5.32 Å². The van der Waals surface area contributed by atoms with Crippen LogP contribution in [0.5, 0.6) is 0 Å². The van der Waals surface area contributed by atoms with Crippen LogP contribution in [0.1, 0.15) is 31.9 Å². The highest BCUT2D eigenvalue weighted by molar-refractivity contribution is 5.57. The van der Waals surface area contributed by atoms with E-state index in [1.54, 1.807) is 12.3 Å². The lowest BCUT2D eigenvalue weighted by atomic mass is 10.1. The molecular weight excluding hydrogens is 255 g/mol. The van der Waals surface area contributed by atoms with Crippen LogP contribution in [0.25, 0.3) is 0 Å². The van der Waals surface area contributed by atoms with Gasteiger partial charge in [0.05, 0.1) is 23.0 Å². The summed E-state index contributed by atoms with van der Waals surface area (Å²) in [6, 6.07) is 6.11. The van der Waals surface area contributed by atoms with Gasteiger partial charge >= 0.3 is 0 Å². The van der Waals surface area contributed by atoms with Crippen molar-refractivity contribution in [2.45, 2.75) is 32.9 Å². The van der Waals surface area contributed by atoms with Crippen LogP contribution >= 0.6 is 0 Å². The predicted molar refractivity (Wildman–Crippen MR) is 75.7 cm³/mol. The molecular formula is C15H17FN4. The maximum atomic E-state index is 13.0. The fourth-order valence-corrected chi connectivity index (χ4v) is 1.78. The highest BCUT2D eigenvalue weighted by atomic mass is 19.1. The predicted octanol–water partition coefficient (Wildman–Crippen LogP) is 3.26. The van der Waals surface area contributed by atoms with Crippen LogP contribution in [0.15, 0.2) is 30.6 Å². The molecule has 0 saturated carbocycles. The fourth-order valence-electron chi connectivity index (χ4n) is 1.78. The summed E-state index contributed by atoms with van der Waals surface area (Å²) in [7, 11) is 0. The van der Waals surface area contributed by atoms with Gasteiger partial charge in [0.25, 0.3) is 0 Å². The molecule has 0 aliphatic rings. The van der Waals surface area contributed by atoms with E-state index in [0.717, 1.165) is 5.56 Å². The molecule has 0 spiro atoms. The standard InChI is InChI=1S/C15H17FN4/c1-15(2,3)20-10-11(9-19-20)8-18-14-5-4-13(16)6-12(14)7-17/h4-6,9-10,18H,8H2,1-3H3.